The standard InChI is InChI=1S/C56H105NO3/c1-3-5-7-9-11-13-15-17-19-20-21-22-23-24-25-26-27-28-29-30-31-32-33-34-35-36-38-39-41-43-45-47-49-51-55(59)54(53-58)57-56(60)52-50-48-46-44-42-40-37-18-16-14-12-10-8-6-4-2/h6,8,12,14,18,37,49,51,54-55,58-59H,3-5,7,9-11,13,15-17,19-36,38-48,50,52-53H2,1-2H3,(H,57,60)/b8-6-,14-12-,37-18-,51-49+. The summed E-state index contributed by atoms with van der Waals surface area (Å²) in [6.45, 7) is 4.21. The highest BCUT2D eigenvalue weighted by atomic mass is 16.3. The molecule has 60 heavy (non-hydrogen) atoms. The molecule has 4 heteroatoms. The average Bonchev–Trinajstić information content (AvgIpc) is 3.25. The summed E-state index contributed by atoms with van der Waals surface area (Å²) >= 11 is 0. The van der Waals surface area contributed by atoms with E-state index in [1.165, 1.54) is 205 Å². The Balaban J connectivity index is 3.45. The summed E-state index contributed by atoms with van der Waals surface area (Å²) in [5.74, 6) is -0.0798. The molecule has 0 aliphatic rings. The second-order valence-corrected chi connectivity index (χ2v) is 18.3. The summed E-state index contributed by atoms with van der Waals surface area (Å²) < 4.78 is 0. The zero-order valence-electron chi connectivity index (χ0n) is 40.5. The Morgan fingerprint density at radius 1 is 0.417 bits per heavy atom. The van der Waals surface area contributed by atoms with Gasteiger partial charge in [-0.3, -0.25) is 4.79 Å². The highest BCUT2D eigenvalue weighted by Crippen LogP contribution is 2.17. The Morgan fingerprint density at radius 2 is 0.733 bits per heavy atom. The molecule has 0 bridgehead atoms. The summed E-state index contributed by atoms with van der Waals surface area (Å²) in [7, 11) is 0. The topological polar surface area (TPSA) is 69.6 Å². The van der Waals surface area contributed by atoms with Crippen molar-refractivity contribution in [3.8, 4) is 0 Å². The van der Waals surface area contributed by atoms with Crippen LogP contribution in [0, 0.1) is 0 Å². The quantitative estimate of drug-likeness (QED) is 0.0422. The number of aliphatic hydroxyl groups excluding tert-OH is 2. The SMILES string of the molecule is CC/C=C\C/C=C\C/C=C\CCCCCCCC(=O)NC(CO)C(O)/C=C/CCCCCCCCCCCCCCCCCCCCCCCCCCCCCCCCC. The number of hydrogen-bond acceptors (Lipinski definition) is 3. The molecule has 0 aliphatic heterocycles. The van der Waals surface area contributed by atoms with Gasteiger partial charge in [0.05, 0.1) is 18.8 Å². The van der Waals surface area contributed by atoms with E-state index in [1.54, 1.807) is 6.08 Å². The number of allylic oxidation sites excluding steroid dienone is 7. The van der Waals surface area contributed by atoms with Crippen molar-refractivity contribution < 1.29 is 15.0 Å². The van der Waals surface area contributed by atoms with Gasteiger partial charge in [-0.1, -0.05) is 274 Å². The highest BCUT2D eigenvalue weighted by Gasteiger charge is 2.18. The molecule has 2 unspecified atom stereocenters. The van der Waals surface area contributed by atoms with Crippen molar-refractivity contribution in [2.75, 3.05) is 6.61 Å². The third-order valence-corrected chi connectivity index (χ3v) is 12.3. The highest BCUT2D eigenvalue weighted by molar-refractivity contribution is 5.76. The molecule has 0 aromatic rings. The van der Waals surface area contributed by atoms with Crippen LogP contribution in [0.4, 0.5) is 0 Å². The Bertz CT molecular complexity index is 954. The minimum atomic E-state index is -0.848. The van der Waals surface area contributed by atoms with Crippen molar-refractivity contribution in [3.63, 3.8) is 0 Å². The maximum atomic E-state index is 12.4. The van der Waals surface area contributed by atoms with Crippen LogP contribution in [0.2, 0.25) is 0 Å². The maximum absolute atomic E-state index is 12.4. The first-order valence-electron chi connectivity index (χ1n) is 26.9. The monoisotopic (exact) mass is 840 g/mol. The fourth-order valence-corrected chi connectivity index (χ4v) is 8.25. The van der Waals surface area contributed by atoms with Gasteiger partial charge in [-0.05, 0) is 51.4 Å². The Kier molecular flexibility index (Phi) is 50.3. The van der Waals surface area contributed by atoms with Crippen molar-refractivity contribution in [3.05, 3.63) is 48.6 Å². The minimum Gasteiger partial charge on any atom is -0.394 e. The van der Waals surface area contributed by atoms with E-state index in [0.29, 0.717) is 6.42 Å². The van der Waals surface area contributed by atoms with E-state index < -0.39 is 12.1 Å². The first-order valence-corrected chi connectivity index (χ1v) is 26.9. The molecule has 3 N–H and O–H groups in total. The zero-order valence-corrected chi connectivity index (χ0v) is 40.5. The molecule has 0 saturated heterocycles. The Morgan fingerprint density at radius 3 is 1.10 bits per heavy atom. The van der Waals surface area contributed by atoms with Gasteiger partial charge in [0.1, 0.15) is 0 Å². The average molecular weight is 840 g/mol. The van der Waals surface area contributed by atoms with Gasteiger partial charge < -0.3 is 15.5 Å². The molecule has 0 fully saturated rings. The van der Waals surface area contributed by atoms with Crippen molar-refractivity contribution in [2.24, 2.45) is 0 Å². The molecule has 0 rings (SSSR count). The molecule has 352 valence electrons. The number of nitrogens with one attached hydrogen (secondary N) is 1. The number of aliphatic hydroxyl groups is 2. The number of hydrogen-bond donors (Lipinski definition) is 3. The fourth-order valence-electron chi connectivity index (χ4n) is 8.25. The van der Waals surface area contributed by atoms with Gasteiger partial charge in [-0.15, -0.1) is 0 Å². The van der Waals surface area contributed by atoms with Crippen LogP contribution >= 0.6 is 0 Å². The first-order chi connectivity index (χ1) is 29.7. The predicted octanol–water partition coefficient (Wildman–Crippen LogP) is 17.5. The van der Waals surface area contributed by atoms with Crippen LogP contribution in [0.5, 0.6) is 0 Å². The van der Waals surface area contributed by atoms with Gasteiger partial charge in [-0.2, -0.15) is 0 Å². The Labute approximate surface area is 375 Å². The zero-order chi connectivity index (χ0) is 43.5. The summed E-state index contributed by atoms with van der Waals surface area (Å²) in [4.78, 5) is 12.4. The second kappa shape index (κ2) is 51.7. The van der Waals surface area contributed by atoms with Crippen LogP contribution in [0.25, 0.3) is 0 Å². The predicted molar refractivity (Wildman–Crippen MR) is 267 cm³/mol. The molecule has 1 amide bonds. The minimum absolute atomic E-state index is 0.0798. The Hall–Kier alpha value is -1.65. The van der Waals surface area contributed by atoms with Crippen molar-refractivity contribution in [1.29, 1.82) is 0 Å². The third-order valence-electron chi connectivity index (χ3n) is 12.3. The van der Waals surface area contributed by atoms with Crippen molar-refractivity contribution >= 4 is 5.91 Å². The van der Waals surface area contributed by atoms with Crippen LogP contribution in [0.3, 0.4) is 0 Å². The lowest BCUT2D eigenvalue weighted by Crippen LogP contribution is -2.45. The van der Waals surface area contributed by atoms with Crippen LogP contribution in [0.15, 0.2) is 48.6 Å². The largest absolute Gasteiger partial charge is 0.394 e. The normalized spacial score (nSPS) is 13.2. The molecule has 0 aromatic carbocycles. The van der Waals surface area contributed by atoms with E-state index in [1.807, 2.05) is 6.08 Å². The van der Waals surface area contributed by atoms with E-state index >= 15 is 0 Å². The molecule has 0 aliphatic carbocycles. The molecular formula is C56H105NO3. The smallest absolute Gasteiger partial charge is 0.220 e. The van der Waals surface area contributed by atoms with E-state index in [9.17, 15) is 15.0 Å². The molecule has 0 spiro atoms. The van der Waals surface area contributed by atoms with Gasteiger partial charge in [0.15, 0.2) is 0 Å². The molecule has 0 heterocycles. The molecule has 2 atom stereocenters. The van der Waals surface area contributed by atoms with Crippen LogP contribution in [-0.4, -0.2) is 34.9 Å². The number of unbranched alkanes of at least 4 members (excludes halogenated alkanes) is 36. The summed E-state index contributed by atoms with van der Waals surface area (Å²) in [5.41, 5.74) is 0. The lowest BCUT2D eigenvalue weighted by Gasteiger charge is -2.20. The summed E-state index contributed by atoms with van der Waals surface area (Å²) in [6.07, 6.45) is 71.4. The lowest BCUT2D eigenvalue weighted by molar-refractivity contribution is -0.123. The third kappa shape index (κ3) is 47.4. The molecule has 0 radical (unpaired) electrons. The van der Waals surface area contributed by atoms with Crippen molar-refractivity contribution in [1.82, 2.24) is 5.32 Å². The second-order valence-electron chi connectivity index (χ2n) is 18.3. The van der Waals surface area contributed by atoms with Crippen LogP contribution < -0.4 is 5.32 Å². The van der Waals surface area contributed by atoms with Crippen LogP contribution in [0.1, 0.15) is 284 Å². The summed E-state index contributed by atoms with van der Waals surface area (Å²) in [5, 5.41) is 23.1. The maximum Gasteiger partial charge on any atom is 0.220 e. The number of rotatable bonds is 49. The van der Waals surface area contributed by atoms with Crippen molar-refractivity contribution in [2.45, 2.75) is 296 Å². The number of amides is 1. The molecule has 0 saturated carbocycles. The number of carbonyl (C=O) groups is 1. The first kappa shape index (κ1) is 58.4. The van der Waals surface area contributed by atoms with Gasteiger partial charge in [-0.25, -0.2) is 0 Å². The lowest BCUT2D eigenvalue weighted by atomic mass is 10.0. The van der Waals surface area contributed by atoms with Gasteiger partial charge in [0.2, 0.25) is 5.91 Å². The molecule has 4 nitrogen and oxygen atoms in total. The molecular weight excluding hydrogens is 735 g/mol. The van der Waals surface area contributed by atoms with Gasteiger partial charge in [0.25, 0.3) is 0 Å². The van der Waals surface area contributed by atoms with E-state index in [4.69, 9.17) is 0 Å². The fraction of sp³-hybridized carbons (Fsp3) is 0.839. The summed E-state index contributed by atoms with van der Waals surface area (Å²) in [6, 6.07) is -0.633. The van der Waals surface area contributed by atoms with E-state index in [2.05, 4.69) is 55.6 Å². The van der Waals surface area contributed by atoms with E-state index in [0.717, 1.165) is 57.8 Å². The van der Waals surface area contributed by atoms with E-state index in [-0.39, 0.29) is 12.5 Å². The van der Waals surface area contributed by atoms with Gasteiger partial charge >= 0.3 is 0 Å². The number of carbonyl (C=O) groups excluding carboxylic acids is 1. The van der Waals surface area contributed by atoms with Crippen LogP contribution in [-0.2, 0) is 4.79 Å². The molecule has 0 aromatic heterocycles. The van der Waals surface area contributed by atoms with Gasteiger partial charge in [0, 0.05) is 6.42 Å².